The molecule has 1 rings (SSSR count). The zero-order valence-corrected chi connectivity index (χ0v) is 11.8. The second-order valence-corrected chi connectivity index (χ2v) is 4.57. The van der Waals surface area contributed by atoms with E-state index in [9.17, 15) is 14.4 Å². The number of carboxylic acids is 1. The number of unbranched alkanes of at least 4 members (excludes halogenated alkanes) is 3. The van der Waals surface area contributed by atoms with E-state index in [0.29, 0.717) is 13.0 Å². The molecular formula is C14H20N2O5. The molecule has 21 heavy (non-hydrogen) atoms. The third-order valence-electron chi connectivity index (χ3n) is 2.79. The van der Waals surface area contributed by atoms with E-state index in [0.717, 1.165) is 19.3 Å². The molecule has 1 aromatic rings. The Hall–Kier alpha value is -2.31. The van der Waals surface area contributed by atoms with Crippen LogP contribution >= 0.6 is 0 Å². The second-order valence-electron chi connectivity index (χ2n) is 4.57. The van der Waals surface area contributed by atoms with Gasteiger partial charge in [-0.05, 0) is 25.0 Å². The van der Waals surface area contributed by atoms with Crippen molar-refractivity contribution in [2.24, 2.45) is 0 Å². The van der Waals surface area contributed by atoms with Crippen molar-refractivity contribution in [2.45, 2.75) is 32.1 Å². The summed E-state index contributed by atoms with van der Waals surface area (Å²) in [5, 5.41) is 13.6. The number of rotatable bonds is 10. The lowest BCUT2D eigenvalue weighted by Gasteiger charge is -2.06. The highest BCUT2D eigenvalue weighted by Crippen LogP contribution is 2.02. The third-order valence-corrected chi connectivity index (χ3v) is 2.79. The van der Waals surface area contributed by atoms with Crippen molar-refractivity contribution in [3.8, 4) is 0 Å². The molecule has 0 aliphatic heterocycles. The average Bonchev–Trinajstić information content (AvgIpc) is 2.97. The van der Waals surface area contributed by atoms with E-state index in [2.05, 4.69) is 10.6 Å². The van der Waals surface area contributed by atoms with Gasteiger partial charge in [-0.2, -0.15) is 0 Å². The molecule has 0 aliphatic carbocycles. The third kappa shape index (κ3) is 7.76. The monoisotopic (exact) mass is 296 g/mol. The van der Waals surface area contributed by atoms with E-state index < -0.39 is 11.9 Å². The Labute approximate surface area is 122 Å². The second kappa shape index (κ2) is 9.57. The smallest absolute Gasteiger partial charge is 0.303 e. The van der Waals surface area contributed by atoms with Crippen molar-refractivity contribution in [3.05, 3.63) is 24.2 Å². The van der Waals surface area contributed by atoms with E-state index in [-0.39, 0.29) is 24.6 Å². The van der Waals surface area contributed by atoms with E-state index >= 15 is 0 Å². The molecule has 0 spiro atoms. The van der Waals surface area contributed by atoms with Gasteiger partial charge in [0.1, 0.15) is 0 Å². The number of nitrogens with one attached hydrogen (secondary N) is 2. The summed E-state index contributed by atoms with van der Waals surface area (Å²) in [4.78, 5) is 33.2. The normalized spacial score (nSPS) is 10.1. The molecule has 7 nitrogen and oxygen atoms in total. The van der Waals surface area contributed by atoms with Gasteiger partial charge in [0.25, 0.3) is 5.91 Å². The van der Waals surface area contributed by atoms with Gasteiger partial charge < -0.3 is 20.2 Å². The number of carbonyl (C=O) groups is 3. The fourth-order valence-electron chi connectivity index (χ4n) is 1.70. The van der Waals surface area contributed by atoms with Crippen molar-refractivity contribution < 1.29 is 23.9 Å². The fourth-order valence-corrected chi connectivity index (χ4v) is 1.70. The first-order valence-electron chi connectivity index (χ1n) is 6.90. The lowest BCUT2D eigenvalue weighted by atomic mass is 10.1. The van der Waals surface area contributed by atoms with Crippen LogP contribution in [0.4, 0.5) is 0 Å². The van der Waals surface area contributed by atoms with E-state index in [1.54, 1.807) is 6.07 Å². The molecule has 0 bridgehead atoms. The maximum absolute atomic E-state index is 11.5. The summed E-state index contributed by atoms with van der Waals surface area (Å²) in [5.74, 6) is -1.30. The number of hydrogen-bond donors (Lipinski definition) is 3. The van der Waals surface area contributed by atoms with Crippen LogP contribution in [0.2, 0.25) is 0 Å². The summed E-state index contributed by atoms with van der Waals surface area (Å²) in [6.45, 7) is 0.418. The number of hydrogen-bond acceptors (Lipinski definition) is 4. The molecule has 1 heterocycles. The summed E-state index contributed by atoms with van der Waals surface area (Å²) < 4.78 is 4.89. The van der Waals surface area contributed by atoms with Crippen LogP contribution in [0.1, 0.15) is 42.7 Å². The van der Waals surface area contributed by atoms with Crippen LogP contribution in [0.5, 0.6) is 0 Å². The van der Waals surface area contributed by atoms with Crippen molar-refractivity contribution in [2.75, 3.05) is 13.1 Å². The molecule has 0 fully saturated rings. The first kappa shape index (κ1) is 16.7. The summed E-state index contributed by atoms with van der Waals surface area (Å²) in [6, 6.07) is 3.11. The van der Waals surface area contributed by atoms with Crippen LogP contribution in [0, 0.1) is 0 Å². The van der Waals surface area contributed by atoms with Gasteiger partial charge >= 0.3 is 5.97 Å². The average molecular weight is 296 g/mol. The molecule has 0 radical (unpaired) electrons. The highest BCUT2D eigenvalue weighted by molar-refractivity contribution is 5.94. The Kier molecular flexibility index (Phi) is 7.63. The minimum absolute atomic E-state index is 0.0987. The van der Waals surface area contributed by atoms with Crippen LogP contribution in [-0.2, 0) is 9.59 Å². The standard InChI is InChI=1S/C14H20N2O5/c17-12(10-16-14(20)11-6-5-9-21-11)15-8-4-2-1-3-7-13(18)19/h5-6,9H,1-4,7-8,10H2,(H,15,17)(H,16,20)(H,18,19). The quantitative estimate of drug-likeness (QED) is 0.561. The number of aliphatic carboxylic acids is 1. The topological polar surface area (TPSA) is 109 Å². The maximum atomic E-state index is 11.5. The number of carbonyl (C=O) groups excluding carboxylic acids is 2. The molecule has 0 saturated carbocycles. The van der Waals surface area contributed by atoms with E-state index in [1.165, 1.54) is 12.3 Å². The number of carboxylic acid groups (broad SMARTS) is 1. The van der Waals surface area contributed by atoms with Gasteiger partial charge in [0.15, 0.2) is 5.76 Å². The van der Waals surface area contributed by atoms with Gasteiger partial charge in [0.05, 0.1) is 12.8 Å². The largest absolute Gasteiger partial charge is 0.481 e. The Morgan fingerprint density at radius 1 is 1.10 bits per heavy atom. The van der Waals surface area contributed by atoms with Crippen molar-refractivity contribution in [3.63, 3.8) is 0 Å². The molecule has 2 amide bonds. The van der Waals surface area contributed by atoms with Crippen molar-refractivity contribution in [1.82, 2.24) is 10.6 Å². The molecule has 0 aliphatic rings. The summed E-state index contributed by atoms with van der Waals surface area (Å²) in [7, 11) is 0. The highest BCUT2D eigenvalue weighted by Gasteiger charge is 2.09. The number of amides is 2. The van der Waals surface area contributed by atoms with E-state index in [4.69, 9.17) is 9.52 Å². The SMILES string of the molecule is O=C(O)CCCCCCNC(=O)CNC(=O)c1ccco1. The summed E-state index contributed by atoms with van der Waals surface area (Å²) >= 11 is 0. The first-order chi connectivity index (χ1) is 10.1. The molecule has 0 saturated heterocycles. The zero-order chi connectivity index (χ0) is 15.5. The summed E-state index contributed by atoms with van der Waals surface area (Å²) in [5.41, 5.74) is 0. The molecule has 3 N–H and O–H groups in total. The number of furan rings is 1. The molecule has 0 unspecified atom stereocenters. The van der Waals surface area contributed by atoms with E-state index in [1.807, 2.05) is 0 Å². The predicted octanol–water partition coefficient (Wildman–Crippen LogP) is 1.16. The minimum Gasteiger partial charge on any atom is -0.481 e. The minimum atomic E-state index is -0.782. The van der Waals surface area contributed by atoms with Gasteiger partial charge in [-0.15, -0.1) is 0 Å². The lowest BCUT2D eigenvalue weighted by Crippen LogP contribution is -2.37. The molecule has 0 atom stereocenters. The van der Waals surface area contributed by atoms with Gasteiger partial charge in [0, 0.05) is 13.0 Å². The Balaban J connectivity index is 1.99. The highest BCUT2D eigenvalue weighted by atomic mass is 16.4. The fraction of sp³-hybridized carbons (Fsp3) is 0.500. The van der Waals surface area contributed by atoms with Crippen LogP contribution < -0.4 is 10.6 Å². The molecular weight excluding hydrogens is 276 g/mol. The Morgan fingerprint density at radius 3 is 2.52 bits per heavy atom. The van der Waals surface area contributed by atoms with Gasteiger partial charge in [-0.1, -0.05) is 12.8 Å². The Morgan fingerprint density at radius 2 is 1.86 bits per heavy atom. The lowest BCUT2D eigenvalue weighted by molar-refractivity contribution is -0.137. The van der Waals surface area contributed by atoms with Gasteiger partial charge in [-0.3, -0.25) is 14.4 Å². The predicted molar refractivity (Wildman–Crippen MR) is 74.8 cm³/mol. The molecule has 1 aromatic heterocycles. The van der Waals surface area contributed by atoms with Crippen LogP contribution in [0.15, 0.2) is 22.8 Å². The maximum Gasteiger partial charge on any atom is 0.303 e. The van der Waals surface area contributed by atoms with Crippen molar-refractivity contribution >= 4 is 17.8 Å². The Bertz CT molecular complexity index is 456. The summed E-state index contributed by atoms with van der Waals surface area (Å²) in [6.07, 6.45) is 4.72. The first-order valence-corrected chi connectivity index (χ1v) is 6.90. The van der Waals surface area contributed by atoms with Crippen LogP contribution in [0.3, 0.4) is 0 Å². The van der Waals surface area contributed by atoms with Crippen LogP contribution in [-0.4, -0.2) is 36.0 Å². The molecule has 116 valence electrons. The molecule has 7 heteroatoms. The van der Waals surface area contributed by atoms with Crippen LogP contribution in [0.25, 0.3) is 0 Å². The zero-order valence-electron chi connectivity index (χ0n) is 11.8. The van der Waals surface area contributed by atoms with Gasteiger partial charge in [0.2, 0.25) is 5.91 Å². The molecule has 0 aromatic carbocycles. The van der Waals surface area contributed by atoms with Gasteiger partial charge in [-0.25, -0.2) is 0 Å². The van der Waals surface area contributed by atoms with Crippen molar-refractivity contribution in [1.29, 1.82) is 0 Å².